The predicted molar refractivity (Wildman–Crippen MR) is 344 cm³/mol. The third-order valence-electron chi connectivity index (χ3n) is 15.2. The molecule has 0 radical (unpaired) electrons. The first kappa shape index (κ1) is 75.8. The summed E-state index contributed by atoms with van der Waals surface area (Å²) in [5, 5.41) is 0. The molecule has 1 unspecified atom stereocenters. The Hall–Kier alpha value is -3.15. The van der Waals surface area contributed by atoms with Crippen molar-refractivity contribution in [3.05, 3.63) is 72.9 Å². The molecule has 0 aromatic heterocycles. The standard InChI is InChI=1S/C73H130O6/c1-4-7-10-13-16-19-22-25-28-31-33-35-36-38-39-42-45-48-51-54-57-60-63-66-72(75)78-69-70(68-77-71(74)65-62-59-56-53-50-47-44-41-30-27-24-21-18-15-12-9-6-3)79-73(76)67-64-61-58-55-52-49-46-43-40-37-34-32-29-26-23-20-17-14-11-8-5-2/h7,10,16,19,23,25-26,28,32-35,70H,4-6,8-9,11-15,17-18,20-22,24,27,29-31,36-69H2,1-3H3/b10-7-,19-16-,26-23-,28-25-,34-32-,35-33-. The SMILES string of the molecule is CC/C=C\C/C=C\C/C=C\C/C=C\CCCCCCCCCCCCC(=O)OCC(COC(=O)CCCCCCCCCCCCCCCCCCC)OC(=O)CCCCCCCCCCC/C=C\C/C=C\CCCCCCC. The first-order valence-electron chi connectivity index (χ1n) is 34.4. The molecule has 79 heavy (non-hydrogen) atoms. The van der Waals surface area contributed by atoms with Crippen molar-refractivity contribution in [2.24, 2.45) is 0 Å². The molecule has 1 atom stereocenters. The maximum atomic E-state index is 13.0. The Morgan fingerprint density at radius 3 is 0.772 bits per heavy atom. The minimum Gasteiger partial charge on any atom is -0.462 e. The van der Waals surface area contributed by atoms with Crippen LogP contribution < -0.4 is 0 Å². The summed E-state index contributed by atoms with van der Waals surface area (Å²) in [7, 11) is 0. The van der Waals surface area contributed by atoms with Gasteiger partial charge in [0, 0.05) is 19.3 Å². The highest BCUT2D eigenvalue weighted by molar-refractivity contribution is 5.71. The molecular weight excluding hydrogens is 973 g/mol. The van der Waals surface area contributed by atoms with Gasteiger partial charge < -0.3 is 14.2 Å². The number of allylic oxidation sites excluding steroid dienone is 12. The lowest BCUT2D eigenvalue weighted by molar-refractivity contribution is -0.167. The Kier molecular flexibility index (Phi) is 64.7. The minimum atomic E-state index is -0.780. The van der Waals surface area contributed by atoms with Crippen LogP contribution in [0.4, 0.5) is 0 Å². The zero-order chi connectivity index (χ0) is 57.1. The van der Waals surface area contributed by atoms with Crippen LogP contribution in [-0.2, 0) is 28.6 Å². The lowest BCUT2D eigenvalue weighted by Gasteiger charge is -2.18. The number of carbonyl (C=O) groups excluding carboxylic acids is 3. The van der Waals surface area contributed by atoms with Gasteiger partial charge in [0.2, 0.25) is 0 Å². The molecule has 0 spiro atoms. The molecule has 0 N–H and O–H groups in total. The summed E-state index contributed by atoms with van der Waals surface area (Å²) in [5.74, 6) is -0.861. The van der Waals surface area contributed by atoms with Gasteiger partial charge in [-0.1, -0.05) is 318 Å². The van der Waals surface area contributed by atoms with Crippen molar-refractivity contribution < 1.29 is 28.6 Å². The fourth-order valence-corrected chi connectivity index (χ4v) is 10.1. The van der Waals surface area contributed by atoms with Crippen molar-refractivity contribution in [2.75, 3.05) is 13.2 Å². The number of carbonyl (C=O) groups is 3. The van der Waals surface area contributed by atoms with Crippen LogP contribution in [0.2, 0.25) is 0 Å². The molecule has 0 aromatic carbocycles. The summed E-state index contributed by atoms with van der Waals surface area (Å²) in [6.07, 6.45) is 87.7. The smallest absolute Gasteiger partial charge is 0.306 e. The molecule has 6 nitrogen and oxygen atoms in total. The summed E-state index contributed by atoms with van der Waals surface area (Å²) in [5.41, 5.74) is 0. The summed E-state index contributed by atoms with van der Waals surface area (Å²) >= 11 is 0. The van der Waals surface area contributed by atoms with Gasteiger partial charge in [0.15, 0.2) is 6.10 Å². The van der Waals surface area contributed by atoms with Crippen LogP contribution in [0.5, 0.6) is 0 Å². The Morgan fingerprint density at radius 1 is 0.266 bits per heavy atom. The lowest BCUT2D eigenvalue weighted by Crippen LogP contribution is -2.30. The lowest BCUT2D eigenvalue weighted by atomic mass is 10.0. The van der Waals surface area contributed by atoms with Crippen LogP contribution in [0.25, 0.3) is 0 Å². The molecule has 0 saturated carbocycles. The van der Waals surface area contributed by atoms with Crippen molar-refractivity contribution in [3.63, 3.8) is 0 Å². The number of esters is 3. The Bertz CT molecular complexity index is 1450. The molecule has 0 saturated heterocycles. The minimum absolute atomic E-state index is 0.0744. The van der Waals surface area contributed by atoms with Crippen molar-refractivity contribution in [1.29, 1.82) is 0 Å². The van der Waals surface area contributed by atoms with Gasteiger partial charge >= 0.3 is 17.9 Å². The van der Waals surface area contributed by atoms with Crippen LogP contribution in [0, 0.1) is 0 Å². The number of hydrogen-bond donors (Lipinski definition) is 0. The van der Waals surface area contributed by atoms with E-state index in [2.05, 4.69) is 93.7 Å². The van der Waals surface area contributed by atoms with Gasteiger partial charge in [0.25, 0.3) is 0 Å². The fraction of sp³-hybridized carbons (Fsp3) is 0.795. The number of ether oxygens (including phenoxy) is 3. The molecule has 0 fully saturated rings. The Morgan fingerprint density at radius 2 is 0.494 bits per heavy atom. The second-order valence-corrected chi connectivity index (χ2v) is 23.1. The van der Waals surface area contributed by atoms with Crippen molar-refractivity contribution in [2.45, 2.75) is 361 Å². The van der Waals surface area contributed by atoms with E-state index in [9.17, 15) is 14.4 Å². The molecule has 6 heteroatoms. The van der Waals surface area contributed by atoms with Gasteiger partial charge in [0.05, 0.1) is 0 Å². The fourth-order valence-electron chi connectivity index (χ4n) is 10.1. The Labute approximate surface area is 491 Å². The highest BCUT2D eigenvalue weighted by atomic mass is 16.6. The molecule has 0 aliphatic rings. The number of rotatable bonds is 63. The van der Waals surface area contributed by atoms with E-state index in [4.69, 9.17) is 14.2 Å². The molecule has 458 valence electrons. The topological polar surface area (TPSA) is 78.9 Å². The maximum Gasteiger partial charge on any atom is 0.306 e. The summed E-state index contributed by atoms with van der Waals surface area (Å²) in [4.78, 5) is 38.5. The van der Waals surface area contributed by atoms with Crippen LogP contribution in [0.15, 0.2) is 72.9 Å². The first-order chi connectivity index (χ1) is 39.0. The number of hydrogen-bond acceptors (Lipinski definition) is 6. The molecule has 0 aromatic rings. The molecule has 0 aliphatic carbocycles. The largest absolute Gasteiger partial charge is 0.462 e. The normalized spacial score (nSPS) is 12.5. The van der Waals surface area contributed by atoms with E-state index in [1.807, 2.05) is 0 Å². The van der Waals surface area contributed by atoms with Crippen molar-refractivity contribution >= 4 is 17.9 Å². The highest BCUT2D eigenvalue weighted by Crippen LogP contribution is 2.17. The van der Waals surface area contributed by atoms with Crippen LogP contribution >= 0.6 is 0 Å². The van der Waals surface area contributed by atoms with Crippen LogP contribution in [-0.4, -0.2) is 37.2 Å². The summed E-state index contributed by atoms with van der Waals surface area (Å²) in [6, 6.07) is 0. The van der Waals surface area contributed by atoms with Gasteiger partial charge in [0.1, 0.15) is 13.2 Å². The second kappa shape index (κ2) is 67.4. The molecule has 0 bridgehead atoms. The van der Waals surface area contributed by atoms with Crippen LogP contribution in [0.1, 0.15) is 355 Å². The van der Waals surface area contributed by atoms with Gasteiger partial charge in [-0.15, -0.1) is 0 Å². The monoisotopic (exact) mass is 1100 g/mol. The third-order valence-corrected chi connectivity index (χ3v) is 15.2. The number of unbranched alkanes of at least 4 members (excludes halogenated alkanes) is 40. The average Bonchev–Trinajstić information content (AvgIpc) is 3.45. The van der Waals surface area contributed by atoms with E-state index >= 15 is 0 Å². The van der Waals surface area contributed by atoms with E-state index < -0.39 is 6.10 Å². The van der Waals surface area contributed by atoms with Gasteiger partial charge in [-0.2, -0.15) is 0 Å². The summed E-state index contributed by atoms with van der Waals surface area (Å²) < 4.78 is 17.0. The molecule has 0 rings (SSSR count). The quantitative estimate of drug-likeness (QED) is 0.0261. The van der Waals surface area contributed by atoms with Gasteiger partial charge in [-0.05, 0) is 89.9 Å². The van der Waals surface area contributed by atoms with Gasteiger partial charge in [-0.3, -0.25) is 14.4 Å². The second-order valence-electron chi connectivity index (χ2n) is 23.1. The molecular formula is C73H130O6. The van der Waals surface area contributed by atoms with Gasteiger partial charge in [-0.25, -0.2) is 0 Å². The first-order valence-corrected chi connectivity index (χ1v) is 34.4. The molecule has 0 aliphatic heterocycles. The summed E-state index contributed by atoms with van der Waals surface area (Å²) in [6.45, 7) is 6.57. The van der Waals surface area contributed by atoms with Crippen molar-refractivity contribution in [3.8, 4) is 0 Å². The van der Waals surface area contributed by atoms with Crippen molar-refractivity contribution in [1.82, 2.24) is 0 Å². The molecule has 0 heterocycles. The predicted octanol–water partition coefficient (Wildman–Crippen LogP) is 23.7. The zero-order valence-corrected chi connectivity index (χ0v) is 52.6. The van der Waals surface area contributed by atoms with E-state index in [0.717, 1.165) is 89.9 Å². The third kappa shape index (κ3) is 65.5. The van der Waals surface area contributed by atoms with E-state index in [1.54, 1.807) is 0 Å². The van der Waals surface area contributed by atoms with E-state index in [1.165, 1.54) is 225 Å². The van der Waals surface area contributed by atoms with E-state index in [-0.39, 0.29) is 31.1 Å². The highest BCUT2D eigenvalue weighted by Gasteiger charge is 2.19. The average molecular weight is 1100 g/mol. The zero-order valence-electron chi connectivity index (χ0n) is 52.6. The maximum absolute atomic E-state index is 13.0. The molecule has 0 amide bonds. The van der Waals surface area contributed by atoms with E-state index in [0.29, 0.717) is 19.3 Å². The Balaban J connectivity index is 4.35. The van der Waals surface area contributed by atoms with Crippen LogP contribution in [0.3, 0.4) is 0 Å².